The zero-order valence-electron chi connectivity index (χ0n) is 35.1. The number of piperidine rings is 1. The lowest BCUT2D eigenvalue weighted by atomic mass is 9.93. The van der Waals surface area contributed by atoms with Crippen LogP contribution in [0.3, 0.4) is 0 Å². The van der Waals surface area contributed by atoms with E-state index in [9.17, 15) is 13.2 Å². The fraction of sp³-hybridized carbons (Fsp3) is 0.319. The highest BCUT2D eigenvalue weighted by atomic mass is 32.2. The minimum absolute atomic E-state index is 0.110. The van der Waals surface area contributed by atoms with Crippen molar-refractivity contribution in [3.63, 3.8) is 0 Å². The van der Waals surface area contributed by atoms with Gasteiger partial charge < -0.3 is 28.8 Å². The molecule has 1 fully saturated rings. The van der Waals surface area contributed by atoms with Crippen molar-refractivity contribution < 1.29 is 31.8 Å². The van der Waals surface area contributed by atoms with Crippen LogP contribution in [0.1, 0.15) is 12.8 Å². The Balaban J connectivity index is 1.08. The van der Waals surface area contributed by atoms with Gasteiger partial charge in [0, 0.05) is 102 Å². The molecule has 62 heavy (non-hydrogen) atoms. The fourth-order valence-corrected chi connectivity index (χ4v) is 9.32. The number of nitrogens with zero attached hydrogens (tertiary/aromatic N) is 6. The lowest BCUT2D eigenvalue weighted by molar-refractivity contribution is -0.126. The van der Waals surface area contributed by atoms with Gasteiger partial charge in [0.2, 0.25) is 27.0 Å². The Morgan fingerprint density at radius 1 is 0.823 bits per heavy atom. The predicted molar refractivity (Wildman–Crippen MR) is 241 cm³/mol. The van der Waals surface area contributed by atoms with E-state index in [2.05, 4.69) is 24.8 Å². The number of anilines is 2. The summed E-state index contributed by atoms with van der Waals surface area (Å²) in [6.07, 6.45) is 0.802. The summed E-state index contributed by atoms with van der Waals surface area (Å²) in [6.45, 7) is 3.28. The first-order valence-electron chi connectivity index (χ1n) is 20.8. The number of benzene rings is 5. The number of hydrogen-bond donors (Lipinski definition) is 1. The summed E-state index contributed by atoms with van der Waals surface area (Å²) in [6, 6.07) is 39.4. The monoisotopic (exact) mass is 858 g/mol. The molecule has 4 aromatic rings. The summed E-state index contributed by atoms with van der Waals surface area (Å²) in [7, 11) is 0.0275. The molecule has 0 saturated carbocycles. The van der Waals surface area contributed by atoms with Crippen molar-refractivity contribution in [1.29, 1.82) is 0 Å². The van der Waals surface area contributed by atoms with E-state index in [1.807, 2.05) is 123 Å². The van der Waals surface area contributed by atoms with Crippen molar-refractivity contribution >= 4 is 44.0 Å². The van der Waals surface area contributed by atoms with Crippen LogP contribution in [0.4, 0.5) is 17.1 Å². The van der Waals surface area contributed by atoms with Gasteiger partial charge in [0.1, 0.15) is 18.4 Å². The van der Waals surface area contributed by atoms with Crippen LogP contribution in [0, 0.1) is 5.92 Å². The number of nitrogens with one attached hydrogen (secondary N) is 1. The number of ether oxygens (including phenoxy) is 3. The first-order chi connectivity index (χ1) is 30.3. The molecular formula is C47H52N7O7S+. The number of hydrogen-bond acceptors (Lipinski definition) is 9. The molecule has 3 aliphatic rings. The largest absolute Gasteiger partial charge is 0.456 e. The van der Waals surface area contributed by atoms with Crippen LogP contribution in [0.15, 0.2) is 136 Å². The SMILES string of the molecule is CN(c1ccccc1)c1ccc2c(-c3ccccc3S(=O)(=O)N3CCC(C(=O)NCCOCCOCCOCCN=[N+]=[N-])CC3)c3ccc(=[N+](C)c4ccccc4)cc-3oc2c1. The van der Waals surface area contributed by atoms with Crippen molar-refractivity contribution in [2.45, 2.75) is 17.7 Å². The van der Waals surface area contributed by atoms with Gasteiger partial charge in [0.15, 0.2) is 0 Å². The maximum Gasteiger partial charge on any atom is 0.243 e. The molecule has 0 atom stereocenters. The molecule has 15 heteroatoms. The highest BCUT2D eigenvalue weighted by molar-refractivity contribution is 7.89. The third kappa shape index (κ3) is 10.5. The lowest BCUT2D eigenvalue weighted by Gasteiger charge is -2.31. The average Bonchev–Trinajstić information content (AvgIpc) is 3.32. The maximum atomic E-state index is 14.7. The fourth-order valence-electron chi connectivity index (χ4n) is 7.65. The van der Waals surface area contributed by atoms with E-state index in [1.54, 1.807) is 12.1 Å². The standard InChI is InChI=1S/C47H51N7O7S/c1-52(36-11-5-3-6-12-36)38-17-19-40-43(33-38)61-44-34-39(53(2)37-13-7-4-8-14-37)18-20-41(44)46(40)42-15-9-10-16-45(42)62(56,57)54-25-21-35(22-26-54)47(55)49-23-27-58-29-31-60-32-30-59-28-24-50-51-48/h3-20,33-35H,21-32H2,1-2H3/p+1. The minimum Gasteiger partial charge on any atom is -0.456 e. The molecule has 7 rings (SSSR count). The summed E-state index contributed by atoms with van der Waals surface area (Å²) in [5, 5.41) is 8.04. The van der Waals surface area contributed by atoms with Gasteiger partial charge in [0.05, 0.1) is 50.6 Å². The predicted octanol–water partition coefficient (Wildman–Crippen LogP) is 7.58. The lowest BCUT2D eigenvalue weighted by Crippen LogP contribution is -2.43. The summed E-state index contributed by atoms with van der Waals surface area (Å²) in [4.78, 5) is 18.0. The second-order valence-corrected chi connectivity index (χ2v) is 16.8. The molecule has 2 aliphatic heterocycles. The summed E-state index contributed by atoms with van der Waals surface area (Å²) in [5.41, 5.74) is 14.0. The van der Waals surface area contributed by atoms with Crippen molar-refractivity contribution in [2.24, 2.45) is 11.0 Å². The zero-order valence-corrected chi connectivity index (χ0v) is 35.9. The topological polar surface area (TPSA) is 162 Å². The average molecular weight is 859 g/mol. The number of carbonyl (C=O) groups excluding carboxylic acids is 1. The Morgan fingerprint density at radius 3 is 2.21 bits per heavy atom. The molecule has 1 saturated heterocycles. The quantitative estimate of drug-likeness (QED) is 0.0218. The molecule has 0 aromatic heterocycles. The number of amides is 1. The first-order valence-corrected chi connectivity index (χ1v) is 22.2. The van der Waals surface area contributed by atoms with Crippen LogP contribution in [-0.4, -0.2) is 98.5 Å². The smallest absolute Gasteiger partial charge is 0.243 e. The molecule has 4 aromatic carbocycles. The van der Waals surface area contributed by atoms with Crippen LogP contribution < -0.4 is 20.1 Å². The van der Waals surface area contributed by atoms with Crippen molar-refractivity contribution in [2.75, 3.05) is 84.8 Å². The van der Waals surface area contributed by atoms with E-state index < -0.39 is 10.0 Å². The Morgan fingerprint density at radius 2 is 1.48 bits per heavy atom. The van der Waals surface area contributed by atoms with Crippen LogP contribution in [0.25, 0.3) is 43.9 Å². The van der Waals surface area contributed by atoms with Crippen LogP contribution in [0.2, 0.25) is 0 Å². The Bertz CT molecular complexity index is 2640. The van der Waals surface area contributed by atoms with Crippen molar-refractivity contribution in [3.8, 4) is 22.5 Å². The number of rotatable bonds is 19. The number of sulfonamides is 1. The van der Waals surface area contributed by atoms with E-state index in [1.165, 1.54) is 4.31 Å². The second kappa shape index (κ2) is 21.1. The molecule has 0 unspecified atom stereocenters. The van der Waals surface area contributed by atoms with E-state index >= 15 is 0 Å². The van der Waals surface area contributed by atoms with Crippen molar-refractivity contribution in [1.82, 2.24) is 14.2 Å². The third-order valence-electron chi connectivity index (χ3n) is 11.0. The Hall–Kier alpha value is -6.06. The van der Waals surface area contributed by atoms with Gasteiger partial charge in [-0.3, -0.25) is 4.79 Å². The molecule has 0 radical (unpaired) electrons. The maximum absolute atomic E-state index is 14.7. The van der Waals surface area contributed by atoms with E-state index in [0.29, 0.717) is 75.9 Å². The molecular weight excluding hydrogens is 807 g/mol. The molecule has 1 aliphatic carbocycles. The van der Waals surface area contributed by atoms with Gasteiger partial charge in [-0.2, -0.15) is 8.88 Å². The zero-order chi connectivity index (χ0) is 43.3. The van der Waals surface area contributed by atoms with Gasteiger partial charge >= 0.3 is 0 Å². The number of fused-ring (bicyclic) bond motifs is 2. The van der Waals surface area contributed by atoms with Crippen LogP contribution >= 0.6 is 0 Å². The second-order valence-electron chi connectivity index (χ2n) is 14.9. The van der Waals surface area contributed by atoms with E-state index in [4.69, 9.17) is 24.2 Å². The molecule has 0 bridgehead atoms. The number of para-hydroxylation sites is 2. The highest BCUT2D eigenvalue weighted by Crippen LogP contribution is 2.44. The van der Waals surface area contributed by atoms with Gasteiger partial charge in [-0.05, 0) is 54.8 Å². The molecule has 0 spiro atoms. The van der Waals surface area contributed by atoms with Crippen LogP contribution in [-0.2, 0) is 29.0 Å². The molecule has 14 nitrogen and oxygen atoms in total. The minimum atomic E-state index is -3.99. The first kappa shape index (κ1) is 44.0. The van der Waals surface area contributed by atoms with Gasteiger partial charge in [0.25, 0.3) is 0 Å². The van der Waals surface area contributed by atoms with Crippen LogP contribution in [0.5, 0.6) is 0 Å². The normalized spacial score (nSPS) is 14.1. The number of azide groups is 1. The molecule has 1 N–H and O–H groups in total. The van der Waals surface area contributed by atoms with E-state index in [-0.39, 0.29) is 36.4 Å². The van der Waals surface area contributed by atoms with Gasteiger partial charge in [-0.15, -0.1) is 0 Å². The van der Waals surface area contributed by atoms with Crippen molar-refractivity contribution in [3.05, 3.63) is 137 Å². The molecule has 1 amide bonds. The summed E-state index contributed by atoms with van der Waals surface area (Å²) < 4.78 is 56.0. The number of carbonyl (C=O) groups is 1. The highest BCUT2D eigenvalue weighted by Gasteiger charge is 2.34. The Labute approximate surface area is 362 Å². The van der Waals surface area contributed by atoms with E-state index in [0.717, 1.165) is 38.9 Å². The Kier molecular flexibility index (Phi) is 15.0. The van der Waals surface area contributed by atoms with Gasteiger partial charge in [-0.25, -0.2) is 8.42 Å². The summed E-state index contributed by atoms with van der Waals surface area (Å²) >= 11 is 0. The van der Waals surface area contributed by atoms with Gasteiger partial charge in [-0.1, -0.05) is 59.7 Å². The summed E-state index contributed by atoms with van der Waals surface area (Å²) in [5.74, 6) is 0.196. The molecule has 2 heterocycles. The molecule has 322 valence electrons. The third-order valence-corrected chi connectivity index (χ3v) is 13.0.